The van der Waals surface area contributed by atoms with Crippen molar-refractivity contribution in [2.24, 2.45) is 0 Å². The number of likely N-dealkylation sites (N-methyl/N-ethyl adjacent to an activating group) is 1. The van der Waals surface area contributed by atoms with Gasteiger partial charge < -0.3 is 19.7 Å². The number of ether oxygens (including phenoxy) is 2. The number of rotatable bonds is 10. The van der Waals surface area contributed by atoms with Gasteiger partial charge in [-0.2, -0.15) is 5.10 Å². The van der Waals surface area contributed by atoms with Crippen LogP contribution in [-0.4, -0.2) is 54.9 Å². The molecule has 8 heteroatoms. The zero-order valence-electron chi connectivity index (χ0n) is 18.9. The second-order valence-corrected chi connectivity index (χ2v) is 7.69. The lowest BCUT2D eigenvalue weighted by atomic mass is 10.1. The average molecular weight is 441 g/mol. The number of nitrogens with zero attached hydrogens (tertiary/aromatic N) is 3. The summed E-state index contributed by atoms with van der Waals surface area (Å²) in [6, 6.07) is 13.2. The summed E-state index contributed by atoms with van der Waals surface area (Å²) in [5.41, 5.74) is 2.24. The Morgan fingerprint density at radius 3 is 2.38 bits per heavy atom. The van der Waals surface area contributed by atoms with Gasteiger partial charge in [0.15, 0.2) is 0 Å². The van der Waals surface area contributed by atoms with E-state index in [2.05, 4.69) is 10.4 Å². The second kappa shape index (κ2) is 10.8. The lowest BCUT2D eigenvalue weighted by molar-refractivity contribution is -0.121. The van der Waals surface area contributed by atoms with Crippen LogP contribution in [0.2, 0.25) is 0 Å². The van der Waals surface area contributed by atoms with Crippen LogP contribution in [0.1, 0.15) is 17.7 Å². The van der Waals surface area contributed by atoms with Crippen molar-refractivity contribution in [3.8, 4) is 23.1 Å². The standard InChI is InChI=1S/C24H29FN4O3/c1-17-22(13-14-23(30)26-15-16-28(2)3)24(32-21-11-9-20(31-4)10-12-21)29(27-17)19-7-5-18(25)6-8-19/h5-12H,13-16H2,1-4H3,(H,26,30). The Hall–Kier alpha value is -3.39. The molecule has 32 heavy (non-hydrogen) atoms. The summed E-state index contributed by atoms with van der Waals surface area (Å²) in [4.78, 5) is 14.3. The third kappa shape index (κ3) is 6.07. The molecule has 0 fully saturated rings. The highest BCUT2D eigenvalue weighted by Crippen LogP contribution is 2.32. The van der Waals surface area contributed by atoms with Crippen molar-refractivity contribution in [1.82, 2.24) is 20.0 Å². The van der Waals surface area contributed by atoms with Crippen molar-refractivity contribution >= 4 is 5.91 Å². The van der Waals surface area contributed by atoms with Gasteiger partial charge in [0, 0.05) is 25.1 Å². The van der Waals surface area contributed by atoms with E-state index in [1.807, 2.05) is 25.9 Å². The molecule has 0 saturated heterocycles. The van der Waals surface area contributed by atoms with Crippen molar-refractivity contribution in [2.75, 3.05) is 34.3 Å². The summed E-state index contributed by atoms with van der Waals surface area (Å²) < 4.78 is 26.5. The molecule has 0 saturated carbocycles. The average Bonchev–Trinajstić information content (AvgIpc) is 3.08. The largest absolute Gasteiger partial charge is 0.497 e. The Balaban J connectivity index is 1.86. The lowest BCUT2D eigenvalue weighted by Gasteiger charge is -2.13. The highest BCUT2D eigenvalue weighted by Gasteiger charge is 2.20. The Morgan fingerprint density at radius 1 is 1.09 bits per heavy atom. The Morgan fingerprint density at radius 2 is 1.75 bits per heavy atom. The number of halogens is 1. The zero-order chi connectivity index (χ0) is 23.1. The van der Waals surface area contributed by atoms with Crippen LogP contribution in [0.25, 0.3) is 5.69 Å². The van der Waals surface area contributed by atoms with Gasteiger partial charge in [-0.15, -0.1) is 0 Å². The summed E-state index contributed by atoms with van der Waals surface area (Å²) in [6.07, 6.45) is 0.772. The maximum atomic E-state index is 13.4. The molecule has 3 aromatic rings. The molecule has 0 radical (unpaired) electrons. The normalized spacial score (nSPS) is 10.9. The van der Waals surface area contributed by atoms with Crippen LogP contribution in [0.4, 0.5) is 4.39 Å². The number of hydrogen-bond acceptors (Lipinski definition) is 5. The molecule has 0 aliphatic carbocycles. The quantitative estimate of drug-likeness (QED) is 0.520. The molecule has 0 spiro atoms. The molecule has 1 N–H and O–H groups in total. The fraction of sp³-hybridized carbons (Fsp3) is 0.333. The van der Waals surface area contributed by atoms with E-state index in [0.29, 0.717) is 36.7 Å². The van der Waals surface area contributed by atoms with Crippen molar-refractivity contribution < 1.29 is 18.7 Å². The molecule has 170 valence electrons. The van der Waals surface area contributed by atoms with Crippen LogP contribution in [-0.2, 0) is 11.2 Å². The van der Waals surface area contributed by atoms with E-state index in [4.69, 9.17) is 9.47 Å². The van der Waals surface area contributed by atoms with Gasteiger partial charge in [-0.1, -0.05) is 0 Å². The van der Waals surface area contributed by atoms with Gasteiger partial charge in [0.05, 0.1) is 18.5 Å². The van der Waals surface area contributed by atoms with Crippen LogP contribution >= 0.6 is 0 Å². The van der Waals surface area contributed by atoms with Crippen molar-refractivity contribution in [3.63, 3.8) is 0 Å². The first-order valence-corrected chi connectivity index (χ1v) is 10.4. The number of methoxy groups -OCH3 is 1. The van der Waals surface area contributed by atoms with E-state index in [1.54, 1.807) is 48.2 Å². The van der Waals surface area contributed by atoms with Crippen LogP contribution in [0.3, 0.4) is 0 Å². The molecular formula is C24H29FN4O3. The van der Waals surface area contributed by atoms with Gasteiger partial charge in [-0.3, -0.25) is 4.79 Å². The lowest BCUT2D eigenvalue weighted by Crippen LogP contribution is -2.31. The molecule has 1 amide bonds. The van der Waals surface area contributed by atoms with Crippen molar-refractivity contribution in [1.29, 1.82) is 0 Å². The minimum atomic E-state index is -0.329. The summed E-state index contributed by atoms with van der Waals surface area (Å²) in [6.45, 7) is 3.24. The van der Waals surface area contributed by atoms with E-state index in [0.717, 1.165) is 23.6 Å². The first kappa shape index (κ1) is 23.3. The minimum absolute atomic E-state index is 0.0313. The van der Waals surface area contributed by atoms with Gasteiger partial charge >= 0.3 is 0 Å². The number of benzene rings is 2. The Bertz CT molecular complexity index is 1030. The van der Waals surface area contributed by atoms with Gasteiger partial charge in [0.1, 0.15) is 17.3 Å². The third-order valence-corrected chi connectivity index (χ3v) is 4.97. The van der Waals surface area contributed by atoms with Crippen LogP contribution in [0.5, 0.6) is 17.4 Å². The predicted octanol–water partition coefficient (Wildman–Crippen LogP) is 3.73. The number of carbonyl (C=O) groups is 1. The maximum Gasteiger partial charge on any atom is 0.226 e. The van der Waals surface area contributed by atoms with Gasteiger partial charge in [-0.25, -0.2) is 9.07 Å². The third-order valence-electron chi connectivity index (χ3n) is 4.97. The molecular weight excluding hydrogens is 411 g/mol. The molecule has 7 nitrogen and oxygen atoms in total. The number of nitrogens with one attached hydrogen (secondary N) is 1. The topological polar surface area (TPSA) is 68.6 Å². The first-order valence-electron chi connectivity index (χ1n) is 10.4. The molecule has 0 bridgehead atoms. The zero-order valence-corrected chi connectivity index (χ0v) is 18.9. The van der Waals surface area contributed by atoms with Gasteiger partial charge in [-0.05, 0) is 76.0 Å². The SMILES string of the molecule is COc1ccc(Oc2c(CCC(=O)NCCN(C)C)c(C)nn2-c2ccc(F)cc2)cc1. The molecule has 0 atom stereocenters. The second-order valence-electron chi connectivity index (χ2n) is 7.69. The summed E-state index contributed by atoms with van der Waals surface area (Å²) in [5.74, 6) is 1.46. The monoisotopic (exact) mass is 440 g/mol. The number of amides is 1. The van der Waals surface area contributed by atoms with E-state index in [9.17, 15) is 9.18 Å². The number of carbonyl (C=O) groups excluding carboxylic acids is 1. The predicted molar refractivity (Wildman–Crippen MR) is 121 cm³/mol. The molecule has 1 heterocycles. The number of aryl methyl sites for hydroxylation is 1. The number of hydrogen-bond donors (Lipinski definition) is 1. The van der Waals surface area contributed by atoms with E-state index in [-0.39, 0.29) is 11.7 Å². The van der Waals surface area contributed by atoms with E-state index >= 15 is 0 Å². The fourth-order valence-electron chi connectivity index (χ4n) is 3.19. The van der Waals surface area contributed by atoms with E-state index < -0.39 is 0 Å². The first-order chi connectivity index (χ1) is 15.4. The van der Waals surface area contributed by atoms with Gasteiger partial charge in [0.25, 0.3) is 0 Å². The Kier molecular flexibility index (Phi) is 7.83. The molecule has 2 aromatic carbocycles. The number of aromatic nitrogens is 2. The summed E-state index contributed by atoms with van der Waals surface area (Å²) in [7, 11) is 5.52. The fourth-order valence-corrected chi connectivity index (χ4v) is 3.19. The van der Waals surface area contributed by atoms with Gasteiger partial charge in [0.2, 0.25) is 11.8 Å². The van der Waals surface area contributed by atoms with Crippen LogP contribution in [0.15, 0.2) is 48.5 Å². The van der Waals surface area contributed by atoms with Crippen LogP contribution < -0.4 is 14.8 Å². The molecule has 0 unspecified atom stereocenters. The maximum absolute atomic E-state index is 13.4. The molecule has 0 aliphatic rings. The Labute approximate surface area is 187 Å². The summed E-state index contributed by atoms with van der Waals surface area (Å²) >= 11 is 0. The van der Waals surface area contributed by atoms with E-state index in [1.165, 1.54) is 12.1 Å². The molecule has 3 rings (SSSR count). The molecule has 1 aromatic heterocycles. The minimum Gasteiger partial charge on any atom is -0.497 e. The summed E-state index contributed by atoms with van der Waals surface area (Å²) in [5, 5.41) is 7.54. The van der Waals surface area contributed by atoms with Crippen molar-refractivity contribution in [3.05, 3.63) is 65.6 Å². The smallest absolute Gasteiger partial charge is 0.226 e. The van der Waals surface area contributed by atoms with Crippen LogP contribution in [0, 0.1) is 12.7 Å². The molecule has 0 aliphatic heterocycles. The highest BCUT2D eigenvalue weighted by atomic mass is 19.1. The van der Waals surface area contributed by atoms with Crippen molar-refractivity contribution in [2.45, 2.75) is 19.8 Å². The highest BCUT2D eigenvalue weighted by molar-refractivity contribution is 5.76.